The Labute approximate surface area is 215 Å². The van der Waals surface area contributed by atoms with Crippen LogP contribution in [-0.4, -0.2) is 9.97 Å². The molecule has 0 N–H and O–H groups in total. The van der Waals surface area contributed by atoms with Crippen LogP contribution in [0.15, 0.2) is 97.3 Å². The molecule has 6 heteroatoms. The van der Waals surface area contributed by atoms with Crippen molar-refractivity contribution in [2.75, 3.05) is 0 Å². The van der Waals surface area contributed by atoms with Crippen LogP contribution in [0.4, 0.5) is 13.2 Å². The molecule has 0 unspecified atom stereocenters. The maximum Gasteiger partial charge on any atom is 0.108 e. The third-order valence-electron chi connectivity index (χ3n) is 4.96. The second-order valence-corrected chi connectivity index (χ2v) is 7.45. The van der Waals surface area contributed by atoms with E-state index in [1.54, 1.807) is 18.3 Å². The molecule has 0 aliphatic rings. The topological polar surface area (TPSA) is 25.8 Å². The summed E-state index contributed by atoms with van der Waals surface area (Å²) in [4.78, 5) is 8.47. The monoisotopic (exact) mass is 645 g/mol. The van der Waals surface area contributed by atoms with Crippen LogP contribution in [0.1, 0.15) is 5.56 Å². The third-order valence-corrected chi connectivity index (χ3v) is 4.96. The Kier molecular flexibility index (Phi) is 9.07. The minimum atomic E-state index is -1.52. The number of hydrogen-bond acceptors (Lipinski definition) is 2. The van der Waals surface area contributed by atoms with Gasteiger partial charge in [-0.25, -0.2) is 8.78 Å². The molecule has 0 spiro atoms. The maximum absolute atomic E-state index is 12.9. The zero-order chi connectivity index (χ0) is 23.9. The number of pyridine rings is 2. The van der Waals surface area contributed by atoms with Crippen LogP contribution in [0, 0.1) is 36.5 Å². The molecule has 177 valence electrons. The molecule has 2 nitrogen and oxygen atoms in total. The normalized spacial score (nSPS) is 10.1. The van der Waals surface area contributed by atoms with Crippen LogP contribution in [0.2, 0.25) is 0 Å². The molecule has 2 aromatic heterocycles. The van der Waals surface area contributed by atoms with Crippen molar-refractivity contribution in [1.82, 2.24) is 9.97 Å². The van der Waals surface area contributed by atoms with Gasteiger partial charge in [0.25, 0.3) is 0 Å². The number of nitrogens with zero attached hydrogens (tertiary/aromatic N) is 2. The maximum atomic E-state index is 12.9. The summed E-state index contributed by atoms with van der Waals surface area (Å²) in [7, 11) is 0. The molecule has 0 saturated carbocycles. The van der Waals surface area contributed by atoms with E-state index in [1.807, 2.05) is 61.7 Å². The van der Waals surface area contributed by atoms with E-state index in [0.717, 1.165) is 28.5 Å². The molecule has 3 aromatic carbocycles. The van der Waals surface area contributed by atoms with Crippen molar-refractivity contribution in [1.29, 1.82) is 0 Å². The molecule has 0 fully saturated rings. The van der Waals surface area contributed by atoms with Gasteiger partial charge in [0.15, 0.2) is 0 Å². The molecule has 0 aliphatic carbocycles. The summed E-state index contributed by atoms with van der Waals surface area (Å²) in [5.41, 5.74) is 5.67. The summed E-state index contributed by atoms with van der Waals surface area (Å²) in [5, 5.41) is 0. The van der Waals surface area contributed by atoms with Gasteiger partial charge in [0.05, 0.1) is 11.6 Å². The minimum absolute atomic E-state index is 0. The SMILES string of the molecule is Cc1ccc(-c2[c-]c(F)c(F)c(F)c2)nc1.[Ir].[c-]1ccccc1-c1ccc(-c2ccccc2)cn1. The molecule has 0 saturated heterocycles. The molecule has 0 amide bonds. The van der Waals surface area contributed by atoms with Crippen molar-refractivity contribution in [2.45, 2.75) is 6.92 Å². The fourth-order valence-corrected chi connectivity index (χ4v) is 3.18. The van der Waals surface area contributed by atoms with E-state index in [4.69, 9.17) is 0 Å². The van der Waals surface area contributed by atoms with Crippen molar-refractivity contribution in [3.63, 3.8) is 0 Å². The van der Waals surface area contributed by atoms with E-state index in [2.05, 4.69) is 40.3 Å². The van der Waals surface area contributed by atoms with Crippen LogP contribution in [0.5, 0.6) is 0 Å². The predicted octanol–water partition coefficient (Wildman–Crippen LogP) is 7.49. The standard InChI is InChI=1S/C17H12N.C12H7F3N.Ir/c1-3-7-14(8-4-1)16-11-12-17(18-13-16)15-9-5-2-6-10-15;1-7-2-3-11(16-6-7)8-4-9(13)12(15)10(14)5-8;/h1-9,11-13H;2-4,6H,1H3;/q2*-1;. The van der Waals surface area contributed by atoms with Crippen molar-refractivity contribution < 1.29 is 33.3 Å². The molecule has 2 heterocycles. The first-order chi connectivity index (χ1) is 16.5. The minimum Gasteiger partial charge on any atom is -0.304 e. The molecule has 5 rings (SSSR count). The Hall–Kier alpha value is -3.60. The molecular formula is C29H19F3IrN2-2. The zero-order valence-corrected chi connectivity index (χ0v) is 21.0. The van der Waals surface area contributed by atoms with E-state index in [-0.39, 0.29) is 25.7 Å². The van der Waals surface area contributed by atoms with Gasteiger partial charge in [0, 0.05) is 32.5 Å². The first kappa shape index (κ1) is 26.0. The van der Waals surface area contributed by atoms with E-state index in [9.17, 15) is 13.2 Å². The van der Waals surface area contributed by atoms with Crippen LogP contribution < -0.4 is 0 Å². The molecule has 0 atom stereocenters. The van der Waals surface area contributed by atoms with Gasteiger partial charge in [-0.1, -0.05) is 54.6 Å². The average Bonchev–Trinajstić information content (AvgIpc) is 2.89. The smallest absolute Gasteiger partial charge is 0.108 e. The van der Waals surface area contributed by atoms with Crippen molar-refractivity contribution >= 4 is 0 Å². The second-order valence-electron chi connectivity index (χ2n) is 7.45. The van der Waals surface area contributed by atoms with Crippen LogP contribution in [0.3, 0.4) is 0 Å². The van der Waals surface area contributed by atoms with Crippen molar-refractivity contribution in [3.05, 3.63) is 132 Å². The summed E-state index contributed by atoms with van der Waals surface area (Å²) in [6.45, 7) is 1.84. The number of halogens is 3. The Bertz CT molecular complexity index is 1280. The van der Waals surface area contributed by atoms with E-state index < -0.39 is 17.5 Å². The van der Waals surface area contributed by atoms with E-state index >= 15 is 0 Å². The number of benzene rings is 3. The first-order valence-corrected chi connectivity index (χ1v) is 10.5. The summed E-state index contributed by atoms with van der Waals surface area (Å²) in [5.74, 6) is -4.10. The number of aryl methyl sites for hydroxylation is 1. The van der Waals surface area contributed by atoms with E-state index in [0.29, 0.717) is 5.69 Å². The van der Waals surface area contributed by atoms with E-state index in [1.165, 1.54) is 5.56 Å². The number of hydrogen-bond donors (Lipinski definition) is 0. The molecule has 35 heavy (non-hydrogen) atoms. The summed E-state index contributed by atoms with van der Waals surface area (Å²) < 4.78 is 38.5. The van der Waals surface area contributed by atoms with Gasteiger partial charge in [-0.2, -0.15) is 0 Å². The number of rotatable bonds is 3. The van der Waals surface area contributed by atoms with Gasteiger partial charge in [-0.15, -0.1) is 53.6 Å². The van der Waals surface area contributed by atoms with Crippen LogP contribution in [-0.2, 0) is 20.1 Å². The largest absolute Gasteiger partial charge is 0.304 e. The van der Waals surface area contributed by atoms with Gasteiger partial charge >= 0.3 is 0 Å². The third kappa shape index (κ3) is 6.72. The molecule has 0 aliphatic heterocycles. The fraction of sp³-hybridized carbons (Fsp3) is 0.0345. The summed E-state index contributed by atoms with van der Waals surface area (Å²) in [6, 6.07) is 31.8. The van der Waals surface area contributed by atoms with Crippen molar-refractivity contribution in [3.8, 4) is 33.6 Å². The zero-order valence-electron chi connectivity index (χ0n) is 18.6. The van der Waals surface area contributed by atoms with Gasteiger partial charge in [0.2, 0.25) is 0 Å². The van der Waals surface area contributed by atoms with Crippen LogP contribution >= 0.6 is 0 Å². The molecule has 1 radical (unpaired) electrons. The Morgan fingerprint density at radius 1 is 0.686 bits per heavy atom. The van der Waals surface area contributed by atoms with Gasteiger partial charge in [0.1, 0.15) is 5.82 Å². The predicted molar refractivity (Wildman–Crippen MR) is 127 cm³/mol. The Balaban J connectivity index is 0.000000192. The van der Waals surface area contributed by atoms with Gasteiger partial charge in [-0.05, 0) is 35.0 Å². The molecule has 5 aromatic rings. The van der Waals surface area contributed by atoms with Gasteiger partial charge < -0.3 is 9.97 Å². The number of aromatic nitrogens is 2. The summed E-state index contributed by atoms with van der Waals surface area (Å²) in [6.07, 6.45) is 3.47. The quantitative estimate of drug-likeness (QED) is 0.150. The second kappa shape index (κ2) is 12.2. The average molecular weight is 645 g/mol. The molecule has 0 bridgehead atoms. The first-order valence-electron chi connectivity index (χ1n) is 10.5. The Morgan fingerprint density at radius 2 is 1.37 bits per heavy atom. The van der Waals surface area contributed by atoms with Crippen LogP contribution in [0.25, 0.3) is 33.6 Å². The fourth-order valence-electron chi connectivity index (χ4n) is 3.18. The molecular weight excluding hydrogens is 626 g/mol. The van der Waals surface area contributed by atoms with Crippen molar-refractivity contribution in [2.24, 2.45) is 0 Å². The Morgan fingerprint density at radius 3 is 1.97 bits per heavy atom. The van der Waals surface area contributed by atoms with Gasteiger partial charge in [-0.3, -0.25) is 4.39 Å². The summed E-state index contributed by atoms with van der Waals surface area (Å²) >= 11 is 0.